The molecule has 1 heterocycles. The van der Waals surface area contributed by atoms with E-state index in [0.717, 1.165) is 17.2 Å². The summed E-state index contributed by atoms with van der Waals surface area (Å²) in [6, 6.07) is 11.5. The second kappa shape index (κ2) is 7.66. The third-order valence-corrected chi connectivity index (χ3v) is 4.89. The molecule has 2 amide bonds. The molecule has 0 saturated carbocycles. The molecule has 0 bridgehead atoms. The first-order valence-electron chi connectivity index (χ1n) is 8.95. The normalized spacial score (nSPS) is 17.1. The standard InChI is InChI=1S/C21H21F3N2O2/c1-13-3-6-15(7-4-13)11-26-12-16(9-19(26)27)20(28)25-17-8-5-14(2)18(10-17)21(22,23)24/h3-8,10,16H,9,11-12H2,1-2H3,(H,25,28). The number of carbonyl (C=O) groups is 2. The summed E-state index contributed by atoms with van der Waals surface area (Å²) < 4.78 is 39.1. The van der Waals surface area contributed by atoms with Crippen LogP contribution in [0.5, 0.6) is 0 Å². The van der Waals surface area contributed by atoms with Gasteiger partial charge in [0, 0.05) is 25.2 Å². The molecule has 1 aliphatic rings. The number of anilines is 1. The Balaban J connectivity index is 1.65. The molecule has 148 valence electrons. The van der Waals surface area contributed by atoms with Crippen LogP contribution in [0.3, 0.4) is 0 Å². The number of hydrogen-bond acceptors (Lipinski definition) is 2. The van der Waals surface area contributed by atoms with Crippen LogP contribution >= 0.6 is 0 Å². The molecule has 4 nitrogen and oxygen atoms in total. The summed E-state index contributed by atoms with van der Waals surface area (Å²) in [4.78, 5) is 26.3. The Labute approximate surface area is 161 Å². The fourth-order valence-corrected chi connectivity index (χ4v) is 3.26. The van der Waals surface area contributed by atoms with E-state index in [4.69, 9.17) is 0 Å². The van der Waals surface area contributed by atoms with Gasteiger partial charge in [-0.15, -0.1) is 0 Å². The topological polar surface area (TPSA) is 49.4 Å². The number of benzene rings is 2. The summed E-state index contributed by atoms with van der Waals surface area (Å²) >= 11 is 0. The van der Waals surface area contributed by atoms with Crippen molar-refractivity contribution in [2.75, 3.05) is 11.9 Å². The number of amides is 2. The summed E-state index contributed by atoms with van der Waals surface area (Å²) in [6.07, 6.45) is -4.44. The second-order valence-corrected chi connectivity index (χ2v) is 7.18. The predicted molar refractivity (Wildman–Crippen MR) is 99.5 cm³/mol. The average molecular weight is 390 g/mol. The van der Waals surface area contributed by atoms with Crippen molar-refractivity contribution in [2.24, 2.45) is 5.92 Å². The Morgan fingerprint density at radius 1 is 1.14 bits per heavy atom. The van der Waals surface area contributed by atoms with E-state index in [1.165, 1.54) is 19.1 Å². The van der Waals surface area contributed by atoms with Crippen LogP contribution in [0.15, 0.2) is 42.5 Å². The summed E-state index contributed by atoms with van der Waals surface area (Å²) in [5.41, 5.74) is 1.46. The molecule has 0 radical (unpaired) electrons. The van der Waals surface area contributed by atoms with E-state index in [1.54, 1.807) is 4.90 Å². The highest BCUT2D eigenvalue weighted by molar-refractivity contribution is 5.97. The van der Waals surface area contributed by atoms with E-state index in [0.29, 0.717) is 6.54 Å². The highest BCUT2D eigenvalue weighted by Crippen LogP contribution is 2.33. The van der Waals surface area contributed by atoms with Crippen LogP contribution in [0.25, 0.3) is 0 Å². The van der Waals surface area contributed by atoms with Gasteiger partial charge in [-0.05, 0) is 37.1 Å². The Bertz CT molecular complexity index is 892. The number of nitrogens with zero attached hydrogens (tertiary/aromatic N) is 1. The predicted octanol–water partition coefficient (Wildman–Crippen LogP) is 4.31. The van der Waals surface area contributed by atoms with Crippen molar-refractivity contribution in [2.45, 2.75) is 33.0 Å². The van der Waals surface area contributed by atoms with Gasteiger partial charge in [0.2, 0.25) is 11.8 Å². The second-order valence-electron chi connectivity index (χ2n) is 7.18. The molecule has 1 unspecified atom stereocenters. The molecule has 1 atom stereocenters. The molecule has 0 spiro atoms. The summed E-state index contributed by atoms with van der Waals surface area (Å²) in [5, 5.41) is 2.52. The highest BCUT2D eigenvalue weighted by atomic mass is 19.4. The highest BCUT2D eigenvalue weighted by Gasteiger charge is 2.35. The molecule has 0 aromatic heterocycles. The molecule has 1 aliphatic heterocycles. The lowest BCUT2D eigenvalue weighted by molar-refractivity contribution is -0.138. The quantitative estimate of drug-likeness (QED) is 0.846. The van der Waals surface area contributed by atoms with Crippen LogP contribution in [0, 0.1) is 19.8 Å². The number of alkyl halides is 3. The fourth-order valence-electron chi connectivity index (χ4n) is 3.26. The zero-order valence-corrected chi connectivity index (χ0v) is 15.6. The van der Waals surface area contributed by atoms with E-state index in [9.17, 15) is 22.8 Å². The number of rotatable bonds is 4. The van der Waals surface area contributed by atoms with E-state index in [-0.39, 0.29) is 30.1 Å². The first kappa shape index (κ1) is 19.9. The number of halogens is 3. The van der Waals surface area contributed by atoms with Gasteiger partial charge in [0.25, 0.3) is 0 Å². The Morgan fingerprint density at radius 3 is 2.46 bits per heavy atom. The Hall–Kier alpha value is -2.83. The van der Waals surface area contributed by atoms with Crippen molar-refractivity contribution in [3.8, 4) is 0 Å². The molecule has 2 aromatic carbocycles. The third-order valence-electron chi connectivity index (χ3n) is 4.89. The summed E-state index contributed by atoms with van der Waals surface area (Å²) in [7, 11) is 0. The maximum atomic E-state index is 13.0. The number of aryl methyl sites for hydroxylation is 2. The van der Waals surface area contributed by atoms with Crippen LogP contribution in [0.4, 0.5) is 18.9 Å². The lowest BCUT2D eigenvalue weighted by Gasteiger charge is -2.17. The van der Waals surface area contributed by atoms with Gasteiger partial charge in [0.05, 0.1) is 11.5 Å². The first-order valence-corrected chi connectivity index (χ1v) is 8.95. The number of likely N-dealkylation sites (tertiary alicyclic amines) is 1. The maximum absolute atomic E-state index is 13.0. The van der Waals surface area contributed by atoms with Gasteiger partial charge < -0.3 is 10.2 Å². The van der Waals surface area contributed by atoms with Crippen molar-refractivity contribution < 1.29 is 22.8 Å². The molecular weight excluding hydrogens is 369 g/mol. The molecule has 3 rings (SSSR count). The molecule has 0 aliphatic carbocycles. The van der Waals surface area contributed by atoms with Crippen LogP contribution in [0.2, 0.25) is 0 Å². The average Bonchev–Trinajstić information content (AvgIpc) is 2.98. The summed E-state index contributed by atoms with van der Waals surface area (Å²) in [6.45, 7) is 4.00. The van der Waals surface area contributed by atoms with E-state index >= 15 is 0 Å². The molecule has 1 N–H and O–H groups in total. The number of carbonyl (C=O) groups excluding carboxylic acids is 2. The zero-order valence-electron chi connectivity index (χ0n) is 15.6. The van der Waals surface area contributed by atoms with Crippen LogP contribution in [-0.4, -0.2) is 23.3 Å². The first-order chi connectivity index (χ1) is 13.1. The van der Waals surface area contributed by atoms with Crippen molar-refractivity contribution in [3.05, 3.63) is 64.7 Å². The molecule has 1 fully saturated rings. The van der Waals surface area contributed by atoms with E-state index in [1.807, 2.05) is 31.2 Å². The molecule has 2 aromatic rings. The molecule has 1 saturated heterocycles. The third kappa shape index (κ3) is 4.52. The van der Waals surface area contributed by atoms with Gasteiger partial charge >= 0.3 is 6.18 Å². The lowest BCUT2D eigenvalue weighted by Crippen LogP contribution is -2.28. The maximum Gasteiger partial charge on any atom is 0.416 e. The minimum Gasteiger partial charge on any atom is -0.338 e. The number of hydrogen-bond donors (Lipinski definition) is 1. The minimum absolute atomic E-state index is 0.0513. The van der Waals surface area contributed by atoms with Gasteiger partial charge in [-0.2, -0.15) is 13.2 Å². The van der Waals surface area contributed by atoms with Gasteiger partial charge in [-0.25, -0.2) is 0 Å². The van der Waals surface area contributed by atoms with Crippen molar-refractivity contribution in [1.29, 1.82) is 0 Å². The minimum atomic E-state index is -4.49. The smallest absolute Gasteiger partial charge is 0.338 e. The molecule has 7 heteroatoms. The summed E-state index contributed by atoms with van der Waals surface area (Å²) in [5.74, 6) is -1.18. The van der Waals surface area contributed by atoms with E-state index < -0.39 is 23.6 Å². The van der Waals surface area contributed by atoms with Crippen molar-refractivity contribution in [1.82, 2.24) is 4.90 Å². The fraction of sp³-hybridized carbons (Fsp3) is 0.333. The zero-order chi connectivity index (χ0) is 20.5. The monoisotopic (exact) mass is 390 g/mol. The Morgan fingerprint density at radius 2 is 1.82 bits per heavy atom. The van der Waals surface area contributed by atoms with Gasteiger partial charge in [-0.1, -0.05) is 35.9 Å². The lowest BCUT2D eigenvalue weighted by atomic mass is 10.1. The van der Waals surface area contributed by atoms with Crippen LogP contribution in [-0.2, 0) is 22.3 Å². The number of nitrogens with one attached hydrogen (secondary N) is 1. The Kier molecular flexibility index (Phi) is 5.45. The molecular formula is C21H21F3N2O2. The largest absolute Gasteiger partial charge is 0.416 e. The molecule has 28 heavy (non-hydrogen) atoms. The van der Waals surface area contributed by atoms with Crippen LogP contribution < -0.4 is 5.32 Å². The van der Waals surface area contributed by atoms with Gasteiger partial charge in [-0.3, -0.25) is 9.59 Å². The van der Waals surface area contributed by atoms with Crippen LogP contribution in [0.1, 0.15) is 28.7 Å². The SMILES string of the molecule is Cc1ccc(CN2CC(C(=O)Nc3ccc(C)c(C(F)(F)F)c3)CC2=O)cc1. The van der Waals surface area contributed by atoms with Crippen molar-refractivity contribution >= 4 is 17.5 Å². The van der Waals surface area contributed by atoms with E-state index in [2.05, 4.69) is 5.32 Å². The van der Waals surface area contributed by atoms with Crippen molar-refractivity contribution in [3.63, 3.8) is 0 Å². The van der Waals surface area contributed by atoms with Gasteiger partial charge in [0.15, 0.2) is 0 Å². The van der Waals surface area contributed by atoms with Gasteiger partial charge in [0.1, 0.15) is 0 Å².